The van der Waals surface area contributed by atoms with E-state index >= 15 is 0 Å². The Morgan fingerprint density at radius 2 is 2.09 bits per heavy atom. The number of carbonyl (C=O) groups is 2. The van der Waals surface area contributed by atoms with E-state index in [2.05, 4.69) is 25.9 Å². The maximum absolute atomic E-state index is 14.1. The minimum Gasteiger partial charge on any atom is -0.369 e. The minimum absolute atomic E-state index is 0.0613. The third kappa shape index (κ3) is 4.26. The number of halogens is 2. The van der Waals surface area contributed by atoms with Crippen LogP contribution in [0.4, 0.5) is 26.4 Å². The van der Waals surface area contributed by atoms with Gasteiger partial charge in [0, 0.05) is 29.9 Å². The van der Waals surface area contributed by atoms with Crippen LogP contribution in [0.5, 0.6) is 0 Å². The molecule has 168 valence electrons. The second-order valence-electron chi connectivity index (χ2n) is 7.84. The van der Waals surface area contributed by atoms with E-state index in [1.807, 2.05) is 0 Å². The second kappa shape index (κ2) is 8.54. The molecular formula is C19H19ClFN7O4. The van der Waals surface area contributed by atoms with Gasteiger partial charge in [0.1, 0.15) is 0 Å². The highest BCUT2D eigenvalue weighted by Crippen LogP contribution is 2.49. The summed E-state index contributed by atoms with van der Waals surface area (Å²) < 4.78 is 14.1. The first-order chi connectivity index (χ1) is 15.2. The topological polar surface area (TPSA) is 165 Å². The predicted octanol–water partition coefficient (Wildman–Crippen LogP) is 2.29. The molecule has 32 heavy (non-hydrogen) atoms. The van der Waals surface area contributed by atoms with Crippen molar-refractivity contribution in [3.63, 3.8) is 0 Å². The summed E-state index contributed by atoms with van der Waals surface area (Å²) in [4.78, 5) is 42.4. The molecule has 11 nitrogen and oxygen atoms in total. The Balaban J connectivity index is 1.44. The second-order valence-corrected chi connectivity index (χ2v) is 8.18. The quantitative estimate of drug-likeness (QED) is 0.289. The number of benzene rings is 1. The van der Waals surface area contributed by atoms with Crippen LogP contribution in [0.2, 0.25) is 5.28 Å². The van der Waals surface area contributed by atoms with E-state index in [-0.39, 0.29) is 40.4 Å². The molecule has 1 aromatic carbocycles. The summed E-state index contributed by atoms with van der Waals surface area (Å²) in [6.07, 6.45) is 2.08. The number of hydrogen-bond donors (Lipinski definition) is 4. The summed E-state index contributed by atoms with van der Waals surface area (Å²) >= 11 is 5.74. The van der Waals surface area contributed by atoms with Crippen molar-refractivity contribution in [1.82, 2.24) is 15.3 Å². The molecule has 0 aliphatic heterocycles. The third-order valence-electron chi connectivity index (χ3n) is 5.98. The average molecular weight is 464 g/mol. The Hall–Kier alpha value is -3.54. The number of carbonyl (C=O) groups excluding carboxylic acids is 2. The number of nitrogens with one attached hydrogen (secondary N) is 3. The first kappa shape index (κ1) is 21.7. The Morgan fingerprint density at radius 1 is 1.31 bits per heavy atom. The molecule has 4 rings (SSSR count). The van der Waals surface area contributed by atoms with Gasteiger partial charge in [0.2, 0.25) is 11.2 Å². The first-order valence-electron chi connectivity index (χ1n) is 9.79. The number of nitrogens with zero attached hydrogens (tertiary/aromatic N) is 3. The number of primary amides is 1. The number of non-ortho nitro benzene ring substituents is 1. The van der Waals surface area contributed by atoms with Crippen LogP contribution in [0.1, 0.15) is 12.8 Å². The van der Waals surface area contributed by atoms with Gasteiger partial charge in [0.15, 0.2) is 11.6 Å². The molecule has 1 heterocycles. The van der Waals surface area contributed by atoms with Crippen LogP contribution in [-0.4, -0.2) is 38.9 Å². The van der Waals surface area contributed by atoms with Gasteiger partial charge >= 0.3 is 6.03 Å². The van der Waals surface area contributed by atoms with E-state index in [1.165, 1.54) is 24.3 Å². The monoisotopic (exact) mass is 463 g/mol. The number of urea groups is 1. The molecule has 5 atom stereocenters. The Bertz CT molecular complexity index is 1090. The van der Waals surface area contributed by atoms with Crippen LogP contribution in [0, 0.1) is 33.7 Å². The van der Waals surface area contributed by atoms with E-state index in [9.17, 15) is 24.1 Å². The standard InChI is InChI=1S/C19H19ClFN7O4/c20-18-23-7-12(21)17(27-18)26-15-8-4-11(14(15)16(22)29)13(5-8)25-19(30)24-9-2-1-3-10(6-9)28(31)32/h1-3,6-8,11,13-15H,4-5H2,(H2,22,29)(H,23,26,27)(H2,24,25,30)/t8-,11+,13?,14+,15-/m1/s1. The lowest BCUT2D eigenvalue weighted by Crippen LogP contribution is -2.52. The van der Waals surface area contributed by atoms with Crippen molar-refractivity contribution in [3.8, 4) is 0 Å². The maximum atomic E-state index is 14.1. The summed E-state index contributed by atoms with van der Waals surface area (Å²) in [6, 6.07) is 4.20. The Labute approximate surface area is 186 Å². The zero-order valence-corrected chi connectivity index (χ0v) is 17.3. The van der Waals surface area contributed by atoms with Crippen molar-refractivity contribution in [1.29, 1.82) is 0 Å². The fourth-order valence-electron chi connectivity index (χ4n) is 4.76. The van der Waals surface area contributed by atoms with Gasteiger partial charge in [0.25, 0.3) is 5.69 Å². The number of nitrogens with two attached hydrogens (primary N) is 1. The lowest BCUT2D eigenvalue weighted by Gasteiger charge is -2.35. The van der Waals surface area contributed by atoms with Crippen molar-refractivity contribution < 1.29 is 18.9 Å². The zero-order chi connectivity index (χ0) is 23.0. The van der Waals surface area contributed by atoms with E-state index in [1.54, 1.807) is 0 Å². The fraction of sp³-hybridized carbons (Fsp3) is 0.368. The number of aromatic nitrogens is 2. The van der Waals surface area contributed by atoms with Crippen molar-refractivity contribution in [2.24, 2.45) is 23.5 Å². The Kier molecular flexibility index (Phi) is 5.78. The van der Waals surface area contributed by atoms with E-state index in [4.69, 9.17) is 17.3 Å². The van der Waals surface area contributed by atoms with Gasteiger partial charge in [-0.2, -0.15) is 4.98 Å². The summed E-state index contributed by atoms with van der Waals surface area (Å²) in [6.45, 7) is 0. The summed E-state index contributed by atoms with van der Waals surface area (Å²) in [5.41, 5.74) is 5.75. The largest absolute Gasteiger partial charge is 0.369 e. The van der Waals surface area contributed by atoms with Crippen LogP contribution in [0.15, 0.2) is 30.5 Å². The highest BCUT2D eigenvalue weighted by Gasteiger charge is 2.55. The normalized spacial score (nSPS) is 25.9. The maximum Gasteiger partial charge on any atom is 0.319 e. The third-order valence-corrected chi connectivity index (χ3v) is 6.16. The summed E-state index contributed by atoms with van der Waals surface area (Å²) in [5.74, 6) is -2.36. The first-order valence-corrected chi connectivity index (χ1v) is 10.2. The number of nitro benzene ring substituents is 1. The van der Waals surface area contributed by atoms with Gasteiger partial charge in [-0.05, 0) is 42.3 Å². The molecule has 2 aromatic rings. The lowest BCUT2D eigenvalue weighted by molar-refractivity contribution is -0.384. The number of rotatable bonds is 6. The van der Waals surface area contributed by atoms with Crippen LogP contribution >= 0.6 is 11.6 Å². The van der Waals surface area contributed by atoms with E-state index in [0.29, 0.717) is 12.8 Å². The molecule has 1 aromatic heterocycles. The van der Waals surface area contributed by atoms with Crippen LogP contribution in [0.25, 0.3) is 0 Å². The van der Waals surface area contributed by atoms with Crippen LogP contribution in [-0.2, 0) is 4.79 Å². The van der Waals surface area contributed by atoms with Crippen LogP contribution < -0.4 is 21.7 Å². The van der Waals surface area contributed by atoms with Gasteiger partial charge in [-0.15, -0.1) is 0 Å². The van der Waals surface area contributed by atoms with Gasteiger partial charge in [-0.25, -0.2) is 14.2 Å². The van der Waals surface area contributed by atoms with Crippen molar-refractivity contribution in [2.75, 3.05) is 10.6 Å². The van der Waals surface area contributed by atoms with Crippen molar-refractivity contribution in [2.45, 2.75) is 24.9 Å². The van der Waals surface area contributed by atoms with Gasteiger partial charge < -0.3 is 21.7 Å². The molecule has 1 unspecified atom stereocenters. The summed E-state index contributed by atoms with van der Waals surface area (Å²) in [7, 11) is 0. The summed E-state index contributed by atoms with van der Waals surface area (Å²) in [5, 5.41) is 19.1. The number of hydrogen-bond acceptors (Lipinski definition) is 7. The van der Waals surface area contributed by atoms with Gasteiger partial charge in [-0.3, -0.25) is 14.9 Å². The predicted molar refractivity (Wildman–Crippen MR) is 112 cm³/mol. The molecule has 5 N–H and O–H groups in total. The number of anilines is 2. The van der Waals surface area contributed by atoms with Crippen molar-refractivity contribution in [3.05, 3.63) is 51.7 Å². The lowest BCUT2D eigenvalue weighted by atomic mass is 9.80. The van der Waals surface area contributed by atoms with Crippen molar-refractivity contribution >= 4 is 40.7 Å². The molecule has 0 saturated heterocycles. The SMILES string of the molecule is NC(=O)[C@@H]1[C@H](Nc2nc(Cl)ncc2F)[C@H]2CC(NC(=O)Nc3cccc([N+](=O)[O-])c3)[C@@H]1C2. The molecule has 0 radical (unpaired) electrons. The average Bonchev–Trinajstić information content (AvgIpc) is 3.28. The minimum atomic E-state index is -0.702. The molecule has 2 bridgehead atoms. The number of nitro groups is 1. The van der Waals surface area contributed by atoms with Gasteiger partial charge in [0.05, 0.1) is 17.0 Å². The highest BCUT2D eigenvalue weighted by atomic mass is 35.5. The molecule has 13 heteroatoms. The molecule has 0 spiro atoms. The Morgan fingerprint density at radius 3 is 2.81 bits per heavy atom. The van der Waals surface area contributed by atoms with E-state index in [0.717, 1.165) is 6.20 Å². The van der Waals surface area contributed by atoms with Crippen LogP contribution in [0.3, 0.4) is 0 Å². The zero-order valence-electron chi connectivity index (χ0n) is 16.5. The van der Waals surface area contributed by atoms with Gasteiger partial charge in [-0.1, -0.05) is 6.07 Å². The number of amides is 3. The molecule has 2 fully saturated rings. The molecule has 2 saturated carbocycles. The highest BCUT2D eigenvalue weighted by molar-refractivity contribution is 6.28. The molecule has 2 aliphatic rings. The number of fused-ring (bicyclic) bond motifs is 2. The smallest absolute Gasteiger partial charge is 0.319 e. The fourth-order valence-corrected chi connectivity index (χ4v) is 4.89. The molecule has 2 aliphatic carbocycles. The molecular weight excluding hydrogens is 445 g/mol. The van der Waals surface area contributed by atoms with E-state index < -0.39 is 34.6 Å². The molecule has 3 amide bonds.